The van der Waals surface area contributed by atoms with Crippen LogP contribution in [-0.4, -0.2) is 115 Å². The summed E-state index contributed by atoms with van der Waals surface area (Å²) in [5.41, 5.74) is 16.6. The van der Waals surface area contributed by atoms with Crippen molar-refractivity contribution in [2.75, 3.05) is 44.3 Å². The number of halogens is 3. The summed E-state index contributed by atoms with van der Waals surface area (Å²) in [6.45, 7) is 0. The van der Waals surface area contributed by atoms with Gasteiger partial charge in [0.05, 0.1) is 63.1 Å². The number of fused-ring (bicyclic) bond motifs is 4. The predicted molar refractivity (Wildman–Crippen MR) is 535 cm³/mol. The molecule has 4 bridgehead atoms. The molecular weight excluding hydrogens is 1790 g/mol. The quantitative estimate of drug-likeness (QED) is 0.0318. The number of carbonyl (C=O) groups is 8. The van der Waals surface area contributed by atoms with Crippen LogP contribution in [-0.2, 0) is 0 Å². The van der Waals surface area contributed by atoms with Crippen molar-refractivity contribution in [1.82, 2.24) is 60.1 Å². The van der Waals surface area contributed by atoms with E-state index in [4.69, 9.17) is 9.72 Å². The highest BCUT2D eigenvalue weighted by Crippen LogP contribution is 2.54. The molecule has 12 aromatic carbocycles. The summed E-state index contributed by atoms with van der Waals surface area (Å²) < 4.78 is 44.4. The zero-order chi connectivity index (χ0) is 97.0. The van der Waals surface area contributed by atoms with E-state index < -0.39 is 0 Å². The largest absolute Gasteiger partial charge is 0.497 e. The lowest BCUT2D eigenvalue weighted by molar-refractivity contribution is -0.0119. The van der Waals surface area contributed by atoms with Crippen LogP contribution < -0.4 is 47.3 Å². The van der Waals surface area contributed by atoms with Gasteiger partial charge in [0.25, 0.3) is 47.3 Å². The van der Waals surface area contributed by atoms with Crippen molar-refractivity contribution < 1.29 is 56.3 Å². The van der Waals surface area contributed by atoms with Gasteiger partial charge in [-0.3, -0.25) is 48.3 Å². The van der Waals surface area contributed by atoms with E-state index in [1.165, 1.54) is 105 Å². The molecule has 0 aliphatic heterocycles. The van der Waals surface area contributed by atoms with E-state index in [9.17, 15) is 51.5 Å². The molecule has 7 aromatic heterocycles. The molecule has 28 nitrogen and oxygen atoms in total. The van der Waals surface area contributed by atoms with Gasteiger partial charge in [-0.15, -0.1) is 0 Å². The lowest BCUT2D eigenvalue weighted by Crippen LogP contribution is -2.55. The minimum atomic E-state index is -0.370. The first-order valence-corrected chi connectivity index (χ1v) is 45.2. The highest BCUT2D eigenvalue weighted by Gasteiger charge is 2.49. The summed E-state index contributed by atoms with van der Waals surface area (Å²) in [6.07, 6.45) is 14.6. The summed E-state index contributed by atoms with van der Waals surface area (Å²) in [7, 11) is 1.59. The van der Waals surface area contributed by atoms with E-state index in [0.29, 0.717) is 164 Å². The summed E-state index contributed by atoms with van der Waals surface area (Å²) in [4.78, 5) is 144. The van der Waals surface area contributed by atoms with E-state index in [1.807, 2.05) is 48.5 Å². The van der Waals surface area contributed by atoms with Crippen LogP contribution in [0, 0.1) is 41.1 Å². The number of benzene rings is 12. The first kappa shape index (κ1) is 91.4. The van der Waals surface area contributed by atoms with E-state index in [2.05, 4.69) is 92.4 Å². The standard InChI is InChI=1S/C30H29N5O2.C28H21FN4O3.2C26H18FN5O2/c36-29(34-26-3-1-2-10-31-26)20-6-4-19(5-7-20)28-32-24-9-8-21(16-25(24)33-28)30(37)35-27-22-12-17-11-18(14-22)15-23(27)13-17;1-36-23-13-11-22(12-14-23)30-27(34)18-4-2-17(3-5-18)26-32-24-15-6-19(16-25(24)33-26)28(35)31-21-9-7-20(29)8-10-21;27-19-6-8-20(9-7-19)29-26(34)18-5-10-22-23(15-18)32-24(31-22)16-1-3-17(4-2-16)25(33)30-21-11-13-28-14-12-21;27-19-8-10-20(11-9-19)29-26(34)18-7-12-22-23(14-18)32-24(31-22)16-3-5-17(6-4-16)25(33)30-21-2-1-13-28-15-21/h1-10,16-18,22-23,27H,11-15H2,(H,32,33)(H,35,37)(H,31,34,36);2-16H,1H3,(H,30,34)(H,31,35)(H,32,33);1-15H,(H,29,34)(H,31,32)(H,28,30,33);1-15H,(H,29,34)(H,30,33)(H,31,32). The zero-order valence-electron chi connectivity index (χ0n) is 75.2. The van der Waals surface area contributed by atoms with E-state index in [1.54, 1.807) is 226 Å². The third-order valence-corrected chi connectivity index (χ3v) is 24.6. The second-order valence-electron chi connectivity index (χ2n) is 34.1. The van der Waals surface area contributed by atoms with Gasteiger partial charge in [-0.05, 0) is 311 Å². The molecule has 8 amide bonds. The number of ether oxygens (including phenoxy) is 1. The molecule has 19 aromatic rings. The Hall–Kier alpha value is -18.7. The third-order valence-electron chi connectivity index (χ3n) is 24.6. The second kappa shape index (κ2) is 41.3. The lowest BCUT2D eigenvalue weighted by Gasteiger charge is -2.54. The van der Waals surface area contributed by atoms with Crippen molar-refractivity contribution in [3.63, 3.8) is 0 Å². The molecule has 0 spiro atoms. The maximum absolute atomic E-state index is 13.2. The molecule has 696 valence electrons. The highest BCUT2D eigenvalue weighted by atomic mass is 19.1. The Kier molecular flexibility index (Phi) is 26.8. The van der Waals surface area contributed by atoms with E-state index >= 15 is 0 Å². The fraction of sp³-hybridized carbons (Fsp3) is 0.100. The number of hydrogen-bond acceptors (Lipinski definition) is 16. The van der Waals surface area contributed by atoms with Gasteiger partial charge < -0.3 is 67.2 Å². The Bertz CT molecular complexity index is 7580. The number of amides is 8. The minimum absolute atomic E-state index is 0.0128. The van der Waals surface area contributed by atoms with Crippen LogP contribution in [0.15, 0.2) is 340 Å². The molecule has 4 aliphatic rings. The number of nitrogens with one attached hydrogen (secondary N) is 12. The summed E-state index contributed by atoms with van der Waals surface area (Å²) in [5, 5.41) is 22.9. The Balaban J connectivity index is 0.000000120. The van der Waals surface area contributed by atoms with Crippen molar-refractivity contribution in [2.45, 2.75) is 38.1 Å². The van der Waals surface area contributed by atoms with Crippen molar-refractivity contribution >= 4 is 131 Å². The number of aromatic amines is 4. The number of hydrogen-bond donors (Lipinski definition) is 12. The third kappa shape index (κ3) is 22.1. The van der Waals surface area contributed by atoms with Gasteiger partial charge in [-0.25, -0.2) is 38.1 Å². The van der Waals surface area contributed by atoms with Crippen LogP contribution in [0.1, 0.15) is 115 Å². The van der Waals surface area contributed by atoms with E-state index in [-0.39, 0.29) is 64.7 Å². The van der Waals surface area contributed by atoms with Gasteiger partial charge >= 0.3 is 0 Å². The Morgan fingerprint density at radius 2 is 0.603 bits per heavy atom. The van der Waals surface area contributed by atoms with Gasteiger partial charge in [0.1, 0.15) is 52.3 Å². The van der Waals surface area contributed by atoms with Gasteiger partial charge in [0, 0.05) is 126 Å². The average Bonchev–Trinajstić information content (AvgIpc) is 1.50. The minimum Gasteiger partial charge on any atom is -0.497 e. The number of methoxy groups -OCH3 is 1. The van der Waals surface area contributed by atoms with Crippen molar-refractivity contribution in [2.24, 2.45) is 23.7 Å². The van der Waals surface area contributed by atoms with Crippen molar-refractivity contribution in [1.29, 1.82) is 0 Å². The lowest BCUT2D eigenvalue weighted by atomic mass is 9.54. The normalized spacial score (nSPS) is 14.7. The number of nitrogens with zero attached hydrogens (tertiary/aromatic N) is 7. The van der Waals surface area contributed by atoms with Crippen molar-refractivity contribution in [3.8, 4) is 51.3 Å². The molecule has 23 rings (SSSR count). The fourth-order valence-electron chi connectivity index (χ4n) is 17.7. The summed E-state index contributed by atoms with van der Waals surface area (Å²) in [5.74, 6) is 3.91. The zero-order valence-corrected chi connectivity index (χ0v) is 75.2. The Labute approximate surface area is 803 Å². The SMILES string of the molecule is COc1ccc(NC(=O)c2ccc(-c3nc4ccc(C(=O)Nc5ccc(F)cc5)cc4[nH]3)cc2)cc1.O=C(Nc1ccccn1)c1ccc(-c2nc3ccc(C(=O)NC4C5CC6CC(C5)CC4C6)cc3[nH]2)cc1.O=C(Nc1cccnc1)c1ccc(-c2nc3ccc(C(=O)Nc4ccc(F)cc4)cc3[nH]2)cc1.O=C(Nc1ccncc1)c1ccc(-c2nc3ccc(C(=O)Nc4ccc(F)cc4)cc3[nH]2)cc1. The first-order chi connectivity index (χ1) is 68.7. The highest BCUT2D eigenvalue weighted by molar-refractivity contribution is 6.10. The fourth-order valence-corrected chi connectivity index (χ4v) is 17.7. The number of rotatable bonds is 21. The average molecular weight is 1880 g/mol. The first-order valence-electron chi connectivity index (χ1n) is 45.2. The van der Waals surface area contributed by atoms with Gasteiger partial charge in [0.15, 0.2) is 0 Å². The van der Waals surface area contributed by atoms with Crippen LogP contribution in [0.4, 0.5) is 53.1 Å². The molecule has 7 heterocycles. The van der Waals surface area contributed by atoms with Crippen LogP contribution >= 0.6 is 0 Å². The number of aromatic nitrogens is 11. The molecule has 141 heavy (non-hydrogen) atoms. The molecule has 4 fully saturated rings. The maximum Gasteiger partial charge on any atom is 0.256 e. The molecule has 0 atom stereocenters. The number of pyridine rings is 3. The second-order valence-corrected chi connectivity index (χ2v) is 34.1. The number of H-pyrrole nitrogens is 4. The van der Waals surface area contributed by atoms with E-state index in [0.717, 1.165) is 45.1 Å². The van der Waals surface area contributed by atoms with Gasteiger partial charge in [0.2, 0.25) is 0 Å². The molecule has 31 heteroatoms. The Morgan fingerprint density at radius 1 is 0.291 bits per heavy atom. The monoisotopic (exact) mass is 1870 g/mol. The molecule has 4 aliphatic carbocycles. The molecule has 12 N–H and O–H groups in total. The molecule has 0 unspecified atom stereocenters. The van der Waals surface area contributed by atoms with Crippen molar-refractivity contribution in [3.05, 3.63) is 402 Å². The van der Waals surface area contributed by atoms with Gasteiger partial charge in [-0.2, -0.15) is 0 Å². The summed E-state index contributed by atoms with van der Waals surface area (Å²) in [6, 6.07) is 86.0. The molecule has 4 saturated carbocycles. The van der Waals surface area contributed by atoms with Crippen LogP contribution in [0.3, 0.4) is 0 Å². The summed E-state index contributed by atoms with van der Waals surface area (Å²) >= 11 is 0. The van der Waals surface area contributed by atoms with Gasteiger partial charge in [-0.1, -0.05) is 54.6 Å². The van der Waals surface area contributed by atoms with Crippen LogP contribution in [0.25, 0.3) is 89.7 Å². The number of anilines is 7. The Morgan fingerprint density at radius 3 is 0.929 bits per heavy atom. The topological polar surface area (TPSA) is 395 Å². The molecular formula is C110H86F3N19O9. The number of carbonyl (C=O) groups excluding carboxylic acids is 8. The molecule has 0 saturated heterocycles. The van der Waals surface area contributed by atoms with Crippen LogP contribution in [0.2, 0.25) is 0 Å². The smallest absolute Gasteiger partial charge is 0.256 e. The van der Waals surface area contributed by atoms with Crippen LogP contribution in [0.5, 0.6) is 5.75 Å². The number of imidazole rings is 4. The molecule has 0 radical (unpaired) electrons. The predicted octanol–water partition coefficient (Wildman–Crippen LogP) is 21.9. The maximum atomic E-state index is 13.2.